The van der Waals surface area contributed by atoms with Crippen LogP contribution in [0.4, 0.5) is 5.82 Å². The maximum atomic E-state index is 5.64. The topological polar surface area (TPSA) is 73.1 Å². The van der Waals surface area contributed by atoms with Gasteiger partial charge in [0, 0.05) is 23.8 Å². The highest BCUT2D eigenvalue weighted by atomic mass is 32.2. The van der Waals surface area contributed by atoms with Crippen LogP contribution in [0.3, 0.4) is 0 Å². The van der Waals surface area contributed by atoms with Gasteiger partial charge in [-0.25, -0.2) is 15.8 Å². The minimum Gasteiger partial charge on any atom is -0.377 e. The Balaban J connectivity index is 2.14. The second-order valence-corrected chi connectivity index (χ2v) is 6.11. The van der Waals surface area contributed by atoms with Gasteiger partial charge in [0.15, 0.2) is 0 Å². The van der Waals surface area contributed by atoms with Crippen molar-refractivity contribution in [3.8, 4) is 0 Å². The number of nitrogen functional groups attached to an aromatic ring is 1. The van der Waals surface area contributed by atoms with E-state index in [9.17, 15) is 0 Å². The highest BCUT2D eigenvalue weighted by Gasteiger charge is 2.18. The number of hydrazine groups is 1. The minimum absolute atomic E-state index is 0.287. The third kappa shape index (κ3) is 3.58. The summed E-state index contributed by atoms with van der Waals surface area (Å²) < 4.78 is 5.64. The lowest BCUT2D eigenvalue weighted by Gasteiger charge is -2.14. The lowest BCUT2D eigenvalue weighted by molar-refractivity contribution is 0.129. The lowest BCUT2D eigenvalue weighted by atomic mass is 10.2. The molecule has 1 aromatic rings. The minimum atomic E-state index is 0.287. The molecular formula is C13H22N4OS. The van der Waals surface area contributed by atoms with Crippen LogP contribution < -0.4 is 11.3 Å². The molecule has 0 aromatic carbocycles. The fourth-order valence-corrected chi connectivity index (χ4v) is 3.08. The fourth-order valence-electron chi connectivity index (χ4n) is 2.00. The number of hydrogen-bond donors (Lipinski definition) is 2. The number of nitrogens with one attached hydrogen (secondary N) is 1. The Morgan fingerprint density at radius 1 is 1.47 bits per heavy atom. The van der Waals surface area contributed by atoms with Crippen molar-refractivity contribution in [2.24, 2.45) is 5.84 Å². The Morgan fingerprint density at radius 2 is 2.26 bits per heavy atom. The molecule has 5 nitrogen and oxygen atoms in total. The zero-order valence-electron chi connectivity index (χ0n) is 11.8. The largest absolute Gasteiger partial charge is 0.377 e. The number of nitrogens with zero attached hydrogens (tertiary/aromatic N) is 2. The molecule has 1 aliphatic rings. The van der Waals surface area contributed by atoms with Crippen LogP contribution in [0.25, 0.3) is 0 Å². The molecule has 1 unspecified atom stereocenters. The number of aromatic nitrogens is 2. The van der Waals surface area contributed by atoms with E-state index in [1.807, 2.05) is 6.92 Å². The van der Waals surface area contributed by atoms with Crippen molar-refractivity contribution in [3.63, 3.8) is 0 Å². The molecule has 6 heteroatoms. The molecule has 19 heavy (non-hydrogen) atoms. The third-order valence-electron chi connectivity index (χ3n) is 3.20. The van der Waals surface area contributed by atoms with Gasteiger partial charge in [-0.15, -0.1) is 11.8 Å². The molecule has 3 N–H and O–H groups in total. The number of rotatable bonds is 5. The number of thioether (sulfide) groups is 1. The van der Waals surface area contributed by atoms with E-state index in [0.717, 1.165) is 35.2 Å². The number of ether oxygens (including phenoxy) is 1. The summed E-state index contributed by atoms with van der Waals surface area (Å²) in [5.74, 6) is 8.31. The van der Waals surface area contributed by atoms with Gasteiger partial charge in [-0.3, -0.25) is 0 Å². The molecule has 2 rings (SSSR count). The zero-order chi connectivity index (χ0) is 13.8. The fraction of sp³-hybridized carbons (Fsp3) is 0.692. The van der Waals surface area contributed by atoms with Crippen LogP contribution in [0.2, 0.25) is 0 Å². The monoisotopic (exact) mass is 282 g/mol. The van der Waals surface area contributed by atoms with Crippen molar-refractivity contribution in [1.82, 2.24) is 9.97 Å². The Bertz CT molecular complexity index is 433. The van der Waals surface area contributed by atoms with Gasteiger partial charge in [-0.05, 0) is 19.8 Å². The van der Waals surface area contributed by atoms with Crippen molar-refractivity contribution < 1.29 is 4.74 Å². The predicted molar refractivity (Wildman–Crippen MR) is 78.4 cm³/mol. The molecule has 0 aliphatic carbocycles. The average molecular weight is 282 g/mol. The van der Waals surface area contributed by atoms with Crippen LogP contribution in [0, 0.1) is 6.92 Å². The maximum absolute atomic E-state index is 5.64. The van der Waals surface area contributed by atoms with E-state index >= 15 is 0 Å². The second-order valence-electron chi connectivity index (χ2n) is 5.11. The molecule has 1 fully saturated rings. The Morgan fingerprint density at radius 3 is 2.84 bits per heavy atom. The normalized spacial score (nSPS) is 19.1. The van der Waals surface area contributed by atoms with E-state index in [1.54, 1.807) is 11.8 Å². The first-order valence-electron chi connectivity index (χ1n) is 6.71. The van der Waals surface area contributed by atoms with Crippen molar-refractivity contribution in [2.75, 3.05) is 17.8 Å². The van der Waals surface area contributed by atoms with Crippen LogP contribution in [0.1, 0.15) is 44.0 Å². The smallest absolute Gasteiger partial charge is 0.147 e. The van der Waals surface area contributed by atoms with Crippen molar-refractivity contribution in [2.45, 2.75) is 50.7 Å². The van der Waals surface area contributed by atoms with Crippen LogP contribution in [-0.4, -0.2) is 28.4 Å². The molecule has 0 spiro atoms. The second kappa shape index (κ2) is 6.54. The Labute approximate surface area is 118 Å². The van der Waals surface area contributed by atoms with Gasteiger partial charge in [-0.2, -0.15) is 0 Å². The van der Waals surface area contributed by atoms with Crippen molar-refractivity contribution in [1.29, 1.82) is 0 Å². The zero-order valence-corrected chi connectivity index (χ0v) is 12.6. The Hall–Kier alpha value is -0.850. The van der Waals surface area contributed by atoms with E-state index in [4.69, 9.17) is 10.6 Å². The quantitative estimate of drug-likeness (QED) is 0.374. The number of nitrogens with two attached hydrogens (primary N) is 1. The highest BCUT2D eigenvalue weighted by molar-refractivity contribution is 7.99. The first kappa shape index (κ1) is 14.6. The molecule has 0 saturated carbocycles. The highest BCUT2D eigenvalue weighted by Crippen LogP contribution is 2.29. The lowest BCUT2D eigenvalue weighted by Crippen LogP contribution is -2.14. The van der Waals surface area contributed by atoms with Gasteiger partial charge in [0.2, 0.25) is 0 Å². The first-order valence-corrected chi connectivity index (χ1v) is 7.70. The van der Waals surface area contributed by atoms with Crippen LogP contribution >= 0.6 is 11.8 Å². The van der Waals surface area contributed by atoms with Crippen molar-refractivity contribution in [3.05, 3.63) is 11.4 Å². The summed E-state index contributed by atoms with van der Waals surface area (Å²) in [6, 6.07) is 0. The van der Waals surface area contributed by atoms with Crippen LogP contribution in [-0.2, 0) is 4.74 Å². The van der Waals surface area contributed by atoms with E-state index in [2.05, 4.69) is 29.2 Å². The Kier molecular flexibility index (Phi) is 5.01. The van der Waals surface area contributed by atoms with Gasteiger partial charge >= 0.3 is 0 Å². The molecule has 1 saturated heterocycles. The van der Waals surface area contributed by atoms with Crippen LogP contribution in [0.5, 0.6) is 0 Å². The summed E-state index contributed by atoms with van der Waals surface area (Å²) in [5, 5.41) is 1.00. The van der Waals surface area contributed by atoms with Crippen molar-refractivity contribution >= 4 is 17.6 Å². The van der Waals surface area contributed by atoms with E-state index < -0.39 is 0 Å². The molecule has 1 aromatic heterocycles. The number of anilines is 1. The van der Waals surface area contributed by atoms with Gasteiger partial charge in [0.05, 0.1) is 6.10 Å². The summed E-state index contributed by atoms with van der Waals surface area (Å²) in [7, 11) is 0. The molecule has 0 bridgehead atoms. The predicted octanol–water partition coefficient (Wildman–Crippen LogP) is 2.47. The van der Waals surface area contributed by atoms with E-state index in [-0.39, 0.29) is 5.92 Å². The standard InChI is InChI=1S/C13H22N4OS/c1-8(2)11-15-12(17-14)9(3)13(16-11)19-7-10-5-4-6-18-10/h8,10H,4-7,14H2,1-3H3,(H,15,16,17). The molecule has 0 radical (unpaired) electrons. The summed E-state index contributed by atoms with van der Waals surface area (Å²) in [6.45, 7) is 7.05. The maximum Gasteiger partial charge on any atom is 0.147 e. The molecule has 1 atom stereocenters. The number of hydrogen-bond acceptors (Lipinski definition) is 6. The van der Waals surface area contributed by atoms with Gasteiger partial charge in [-0.1, -0.05) is 13.8 Å². The summed E-state index contributed by atoms with van der Waals surface area (Å²) in [4.78, 5) is 9.08. The SMILES string of the molecule is Cc1c(NN)nc(C(C)C)nc1SCC1CCCO1. The third-order valence-corrected chi connectivity index (χ3v) is 4.41. The molecule has 2 heterocycles. The first-order chi connectivity index (χ1) is 9.11. The average Bonchev–Trinajstić information content (AvgIpc) is 2.90. The van der Waals surface area contributed by atoms with Gasteiger partial charge in [0.25, 0.3) is 0 Å². The van der Waals surface area contributed by atoms with Gasteiger partial charge in [0.1, 0.15) is 16.7 Å². The van der Waals surface area contributed by atoms with E-state index in [0.29, 0.717) is 11.9 Å². The summed E-state index contributed by atoms with van der Waals surface area (Å²) >= 11 is 1.73. The molecular weight excluding hydrogens is 260 g/mol. The molecule has 0 amide bonds. The summed E-state index contributed by atoms with van der Waals surface area (Å²) in [6.07, 6.45) is 2.67. The summed E-state index contributed by atoms with van der Waals surface area (Å²) in [5.41, 5.74) is 3.67. The van der Waals surface area contributed by atoms with Gasteiger partial charge < -0.3 is 10.2 Å². The molecule has 106 valence electrons. The van der Waals surface area contributed by atoms with Crippen LogP contribution in [0.15, 0.2) is 5.03 Å². The van der Waals surface area contributed by atoms with E-state index in [1.165, 1.54) is 6.42 Å². The molecule has 1 aliphatic heterocycles.